The SMILES string of the molecule is O=C(NCCc1cccc(F)c1)c1csc(C#CCO)c1. The summed E-state index contributed by atoms with van der Waals surface area (Å²) >= 11 is 1.35. The summed E-state index contributed by atoms with van der Waals surface area (Å²) in [4.78, 5) is 12.6. The molecule has 0 aliphatic rings. The maximum Gasteiger partial charge on any atom is 0.252 e. The van der Waals surface area contributed by atoms with Crippen molar-refractivity contribution in [2.45, 2.75) is 6.42 Å². The number of carbonyl (C=O) groups is 1. The summed E-state index contributed by atoms with van der Waals surface area (Å²) in [6.45, 7) is 0.239. The average molecular weight is 303 g/mol. The Morgan fingerprint density at radius 2 is 2.24 bits per heavy atom. The van der Waals surface area contributed by atoms with Crippen molar-refractivity contribution in [2.24, 2.45) is 0 Å². The quantitative estimate of drug-likeness (QED) is 0.851. The number of carbonyl (C=O) groups excluding carboxylic acids is 1. The third-order valence-corrected chi connectivity index (χ3v) is 3.59. The lowest BCUT2D eigenvalue weighted by atomic mass is 10.1. The maximum atomic E-state index is 13.0. The van der Waals surface area contributed by atoms with E-state index in [2.05, 4.69) is 17.2 Å². The molecular weight excluding hydrogens is 289 g/mol. The van der Waals surface area contributed by atoms with Gasteiger partial charge in [0.2, 0.25) is 0 Å². The summed E-state index contributed by atoms with van der Waals surface area (Å²) in [7, 11) is 0. The Kier molecular flexibility index (Phi) is 5.50. The van der Waals surface area contributed by atoms with E-state index >= 15 is 0 Å². The van der Waals surface area contributed by atoms with Gasteiger partial charge >= 0.3 is 0 Å². The normalized spacial score (nSPS) is 9.81. The van der Waals surface area contributed by atoms with E-state index in [1.807, 2.05) is 6.07 Å². The molecule has 0 spiro atoms. The predicted octanol–water partition coefficient (Wildman–Crippen LogP) is 2.20. The van der Waals surface area contributed by atoms with Gasteiger partial charge in [-0.3, -0.25) is 4.79 Å². The first-order chi connectivity index (χ1) is 10.2. The third kappa shape index (κ3) is 4.71. The van der Waals surface area contributed by atoms with Gasteiger partial charge in [0.1, 0.15) is 12.4 Å². The Balaban J connectivity index is 1.86. The van der Waals surface area contributed by atoms with E-state index in [1.165, 1.54) is 23.5 Å². The number of aliphatic hydroxyl groups excluding tert-OH is 1. The fourth-order valence-electron chi connectivity index (χ4n) is 1.76. The summed E-state index contributed by atoms with van der Waals surface area (Å²) in [6.07, 6.45) is 0.574. The van der Waals surface area contributed by atoms with Crippen molar-refractivity contribution < 1.29 is 14.3 Å². The number of hydrogen-bond donors (Lipinski definition) is 2. The molecule has 2 rings (SSSR count). The van der Waals surface area contributed by atoms with Crippen molar-refractivity contribution in [1.29, 1.82) is 0 Å². The van der Waals surface area contributed by atoms with Crippen LogP contribution in [-0.4, -0.2) is 24.2 Å². The Hall–Kier alpha value is -2.16. The molecule has 1 amide bonds. The zero-order chi connectivity index (χ0) is 15.1. The molecule has 1 aromatic heterocycles. The summed E-state index contributed by atoms with van der Waals surface area (Å²) in [5.74, 6) is 4.83. The summed E-state index contributed by atoms with van der Waals surface area (Å²) in [6, 6.07) is 8.01. The molecule has 0 saturated heterocycles. The van der Waals surface area contributed by atoms with E-state index in [1.54, 1.807) is 17.5 Å². The molecular formula is C16H14FNO2S. The highest BCUT2D eigenvalue weighted by molar-refractivity contribution is 7.10. The number of amides is 1. The molecule has 1 heterocycles. The van der Waals surface area contributed by atoms with Crippen LogP contribution in [0.5, 0.6) is 0 Å². The molecule has 108 valence electrons. The smallest absolute Gasteiger partial charge is 0.252 e. The van der Waals surface area contributed by atoms with Crippen LogP contribution < -0.4 is 5.32 Å². The van der Waals surface area contributed by atoms with Gasteiger partial charge in [-0.2, -0.15) is 0 Å². The number of thiophene rings is 1. The molecule has 0 aliphatic heterocycles. The lowest BCUT2D eigenvalue weighted by molar-refractivity contribution is 0.0954. The molecule has 0 aliphatic carbocycles. The van der Waals surface area contributed by atoms with Gasteiger partial charge in [-0.15, -0.1) is 11.3 Å². The van der Waals surface area contributed by atoms with Gasteiger partial charge in [0.05, 0.1) is 10.4 Å². The first-order valence-corrected chi connectivity index (χ1v) is 7.28. The van der Waals surface area contributed by atoms with Crippen LogP contribution in [0.25, 0.3) is 0 Å². The molecule has 0 bridgehead atoms. The second kappa shape index (κ2) is 7.58. The molecule has 0 radical (unpaired) electrons. The fourth-order valence-corrected chi connectivity index (χ4v) is 2.52. The molecule has 21 heavy (non-hydrogen) atoms. The summed E-state index contributed by atoms with van der Waals surface area (Å²) in [5.41, 5.74) is 1.39. The van der Waals surface area contributed by atoms with E-state index in [-0.39, 0.29) is 18.3 Å². The van der Waals surface area contributed by atoms with Gasteiger partial charge in [0.15, 0.2) is 0 Å². The zero-order valence-electron chi connectivity index (χ0n) is 11.2. The molecule has 2 aromatic rings. The topological polar surface area (TPSA) is 49.3 Å². The number of hydrogen-bond acceptors (Lipinski definition) is 3. The number of rotatable bonds is 4. The van der Waals surface area contributed by atoms with Gasteiger partial charge in [0, 0.05) is 11.9 Å². The molecule has 5 heteroatoms. The van der Waals surface area contributed by atoms with E-state index in [0.29, 0.717) is 18.5 Å². The monoisotopic (exact) mass is 303 g/mol. The third-order valence-electron chi connectivity index (χ3n) is 2.74. The Labute approximate surface area is 126 Å². The highest BCUT2D eigenvalue weighted by atomic mass is 32.1. The van der Waals surface area contributed by atoms with Crippen molar-refractivity contribution >= 4 is 17.2 Å². The molecule has 2 N–H and O–H groups in total. The van der Waals surface area contributed by atoms with Gasteiger partial charge in [0.25, 0.3) is 5.91 Å². The number of halogens is 1. The van der Waals surface area contributed by atoms with Crippen LogP contribution in [0.15, 0.2) is 35.7 Å². The Bertz CT molecular complexity index is 685. The Morgan fingerprint density at radius 3 is 3.00 bits per heavy atom. The molecule has 0 saturated carbocycles. The van der Waals surface area contributed by atoms with Crippen molar-refractivity contribution in [1.82, 2.24) is 5.32 Å². The zero-order valence-corrected chi connectivity index (χ0v) is 12.0. The molecule has 1 aromatic carbocycles. The minimum Gasteiger partial charge on any atom is -0.384 e. The minimum absolute atomic E-state index is 0.181. The van der Waals surface area contributed by atoms with Gasteiger partial charge in [-0.1, -0.05) is 24.0 Å². The van der Waals surface area contributed by atoms with Crippen LogP contribution in [0.1, 0.15) is 20.8 Å². The van der Waals surface area contributed by atoms with Crippen LogP contribution >= 0.6 is 11.3 Å². The van der Waals surface area contributed by atoms with Crippen molar-refractivity contribution in [3.05, 3.63) is 57.5 Å². The lowest BCUT2D eigenvalue weighted by Gasteiger charge is -2.04. The summed E-state index contributed by atoms with van der Waals surface area (Å²) in [5, 5.41) is 13.1. The first kappa shape index (κ1) is 15.2. The minimum atomic E-state index is -0.274. The van der Waals surface area contributed by atoms with Gasteiger partial charge < -0.3 is 10.4 Å². The first-order valence-electron chi connectivity index (χ1n) is 6.40. The number of nitrogens with one attached hydrogen (secondary N) is 1. The van der Waals surface area contributed by atoms with Crippen LogP contribution in [0.4, 0.5) is 4.39 Å². The highest BCUT2D eigenvalue weighted by Gasteiger charge is 2.07. The average Bonchev–Trinajstić information content (AvgIpc) is 2.94. The van der Waals surface area contributed by atoms with Crippen LogP contribution in [0, 0.1) is 17.7 Å². The van der Waals surface area contributed by atoms with Crippen LogP contribution in [0.2, 0.25) is 0 Å². The van der Waals surface area contributed by atoms with E-state index < -0.39 is 0 Å². The Morgan fingerprint density at radius 1 is 1.38 bits per heavy atom. The molecule has 0 unspecified atom stereocenters. The summed E-state index contributed by atoms with van der Waals surface area (Å²) < 4.78 is 13.0. The van der Waals surface area contributed by atoms with Crippen molar-refractivity contribution in [3.63, 3.8) is 0 Å². The predicted molar refractivity (Wildman–Crippen MR) is 80.7 cm³/mol. The highest BCUT2D eigenvalue weighted by Crippen LogP contribution is 2.13. The van der Waals surface area contributed by atoms with Gasteiger partial charge in [-0.05, 0) is 30.2 Å². The van der Waals surface area contributed by atoms with Crippen molar-refractivity contribution in [3.8, 4) is 11.8 Å². The van der Waals surface area contributed by atoms with E-state index in [0.717, 1.165) is 10.4 Å². The maximum absolute atomic E-state index is 13.0. The van der Waals surface area contributed by atoms with Crippen LogP contribution in [-0.2, 0) is 6.42 Å². The number of aliphatic hydroxyl groups is 1. The van der Waals surface area contributed by atoms with E-state index in [4.69, 9.17) is 5.11 Å². The molecule has 3 nitrogen and oxygen atoms in total. The second-order valence-corrected chi connectivity index (χ2v) is 5.21. The molecule has 0 fully saturated rings. The van der Waals surface area contributed by atoms with E-state index in [9.17, 15) is 9.18 Å². The molecule has 0 atom stereocenters. The second-order valence-electron chi connectivity index (χ2n) is 4.30. The largest absolute Gasteiger partial charge is 0.384 e. The van der Waals surface area contributed by atoms with Gasteiger partial charge in [-0.25, -0.2) is 4.39 Å². The van der Waals surface area contributed by atoms with Crippen LogP contribution in [0.3, 0.4) is 0 Å². The fraction of sp³-hybridized carbons (Fsp3) is 0.188. The standard InChI is InChI=1S/C16H14FNO2S/c17-14-4-1-3-12(9-14)6-7-18-16(20)13-10-15(21-11-13)5-2-8-19/h1,3-4,9-11,19H,6-8H2,(H,18,20). The number of benzene rings is 1. The van der Waals surface area contributed by atoms with Crippen molar-refractivity contribution in [2.75, 3.05) is 13.2 Å². The lowest BCUT2D eigenvalue weighted by Crippen LogP contribution is -2.25.